The monoisotopic (exact) mass is 346 g/mol. The molecule has 0 radical (unpaired) electrons. The van der Waals surface area contributed by atoms with Gasteiger partial charge in [-0.15, -0.1) is 12.4 Å². The van der Waals surface area contributed by atoms with Gasteiger partial charge in [-0.2, -0.15) is 0 Å². The van der Waals surface area contributed by atoms with E-state index in [-0.39, 0.29) is 36.2 Å². The highest BCUT2D eigenvalue weighted by molar-refractivity contribution is 5.85. The Morgan fingerprint density at radius 2 is 1.30 bits per heavy atom. The lowest BCUT2D eigenvalue weighted by Gasteiger charge is -2.39. The number of piperazine rings is 1. The van der Waals surface area contributed by atoms with Crippen molar-refractivity contribution in [2.45, 2.75) is 45.7 Å². The van der Waals surface area contributed by atoms with E-state index in [4.69, 9.17) is 5.73 Å². The number of nitrogens with zero attached hydrogens (tertiary/aromatic N) is 3. The van der Waals surface area contributed by atoms with Gasteiger partial charge in [-0.05, 0) is 25.7 Å². The molecule has 1 unspecified atom stereocenters. The van der Waals surface area contributed by atoms with Crippen LogP contribution >= 0.6 is 12.4 Å². The summed E-state index contributed by atoms with van der Waals surface area (Å²) in [5.41, 5.74) is 5.95. The lowest BCUT2D eigenvalue weighted by atomic mass is 10.0. The standard InChI is InChI=1S/C16H30N4O2.ClH/c1-12(2)14(17)16(22)20-10-8-18(9-11-20)13(3)15(21)19-6-4-5-7-19;/h12-14H,4-11,17H2,1-3H3;1H/t13?,14-;/m0./s1. The van der Waals surface area contributed by atoms with Gasteiger partial charge in [0, 0.05) is 39.3 Å². The normalized spacial score (nSPS) is 22.0. The van der Waals surface area contributed by atoms with E-state index in [0.717, 1.165) is 39.0 Å². The van der Waals surface area contributed by atoms with Crippen molar-refractivity contribution in [2.24, 2.45) is 11.7 Å². The third-order valence-corrected chi connectivity index (χ3v) is 4.95. The quantitative estimate of drug-likeness (QED) is 0.807. The molecule has 7 heteroatoms. The van der Waals surface area contributed by atoms with Gasteiger partial charge in [-0.25, -0.2) is 0 Å². The molecule has 6 nitrogen and oxygen atoms in total. The van der Waals surface area contributed by atoms with Crippen molar-refractivity contribution in [3.8, 4) is 0 Å². The minimum Gasteiger partial charge on any atom is -0.341 e. The molecule has 2 saturated heterocycles. The maximum Gasteiger partial charge on any atom is 0.239 e. The van der Waals surface area contributed by atoms with E-state index in [1.54, 1.807) is 0 Å². The van der Waals surface area contributed by atoms with E-state index in [9.17, 15) is 9.59 Å². The smallest absolute Gasteiger partial charge is 0.239 e. The summed E-state index contributed by atoms with van der Waals surface area (Å²) in [6.45, 7) is 10.5. The molecule has 0 saturated carbocycles. The third kappa shape index (κ3) is 4.81. The second kappa shape index (κ2) is 8.85. The van der Waals surface area contributed by atoms with Crippen LogP contribution in [0.15, 0.2) is 0 Å². The summed E-state index contributed by atoms with van der Waals surface area (Å²) in [4.78, 5) is 30.7. The number of halogens is 1. The summed E-state index contributed by atoms with van der Waals surface area (Å²) in [5, 5.41) is 0. The molecule has 0 spiro atoms. The molecular weight excluding hydrogens is 316 g/mol. The first-order chi connectivity index (χ1) is 10.4. The highest BCUT2D eigenvalue weighted by Crippen LogP contribution is 2.14. The van der Waals surface area contributed by atoms with Crippen LogP contribution in [0.4, 0.5) is 0 Å². The van der Waals surface area contributed by atoms with E-state index in [1.165, 1.54) is 0 Å². The number of nitrogens with two attached hydrogens (primary N) is 1. The Bertz CT molecular complexity index is 405. The van der Waals surface area contributed by atoms with Crippen LogP contribution in [0, 0.1) is 5.92 Å². The van der Waals surface area contributed by atoms with Crippen molar-refractivity contribution in [1.82, 2.24) is 14.7 Å². The van der Waals surface area contributed by atoms with E-state index in [0.29, 0.717) is 13.1 Å². The Kier molecular flexibility index (Phi) is 7.77. The summed E-state index contributed by atoms with van der Waals surface area (Å²) < 4.78 is 0. The fourth-order valence-corrected chi connectivity index (χ4v) is 3.18. The van der Waals surface area contributed by atoms with Crippen LogP contribution in [-0.2, 0) is 9.59 Å². The van der Waals surface area contributed by atoms with E-state index in [2.05, 4.69) is 4.90 Å². The first-order valence-corrected chi connectivity index (χ1v) is 8.49. The summed E-state index contributed by atoms with van der Waals surface area (Å²) in [6, 6.07) is -0.510. The Hall–Kier alpha value is -0.850. The molecule has 0 aromatic rings. The van der Waals surface area contributed by atoms with Crippen LogP contribution in [-0.4, -0.2) is 77.9 Å². The maximum atomic E-state index is 12.4. The van der Waals surface area contributed by atoms with Crippen molar-refractivity contribution in [2.75, 3.05) is 39.3 Å². The molecule has 2 rings (SSSR count). The molecule has 2 N–H and O–H groups in total. The lowest BCUT2D eigenvalue weighted by Crippen LogP contribution is -2.57. The zero-order valence-corrected chi connectivity index (χ0v) is 15.3. The topological polar surface area (TPSA) is 69.9 Å². The molecular formula is C16H31ClN4O2. The second-order valence-electron chi connectivity index (χ2n) is 6.84. The van der Waals surface area contributed by atoms with Crippen molar-refractivity contribution in [3.63, 3.8) is 0 Å². The van der Waals surface area contributed by atoms with Crippen molar-refractivity contribution >= 4 is 24.2 Å². The Morgan fingerprint density at radius 1 is 0.826 bits per heavy atom. The van der Waals surface area contributed by atoms with Gasteiger partial charge in [0.15, 0.2) is 0 Å². The van der Waals surface area contributed by atoms with E-state index < -0.39 is 6.04 Å². The summed E-state index contributed by atoms with van der Waals surface area (Å²) in [6.07, 6.45) is 2.24. The fraction of sp³-hybridized carbons (Fsp3) is 0.875. The molecule has 0 aromatic heterocycles. The molecule has 0 aliphatic carbocycles. The van der Waals surface area contributed by atoms with Gasteiger partial charge >= 0.3 is 0 Å². The Labute approximate surface area is 145 Å². The molecule has 134 valence electrons. The minimum absolute atomic E-state index is 0. The van der Waals surface area contributed by atoms with Gasteiger partial charge < -0.3 is 15.5 Å². The number of carbonyl (C=O) groups is 2. The Balaban J connectivity index is 0.00000264. The third-order valence-electron chi connectivity index (χ3n) is 4.95. The molecule has 2 aliphatic rings. The largest absolute Gasteiger partial charge is 0.341 e. The number of rotatable bonds is 4. The van der Waals surface area contributed by atoms with Gasteiger partial charge in [0.05, 0.1) is 12.1 Å². The fourth-order valence-electron chi connectivity index (χ4n) is 3.18. The number of likely N-dealkylation sites (tertiary alicyclic amines) is 1. The molecule has 0 aromatic carbocycles. The first-order valence-electron chi connectivity index (χ1n) is 8.49. The molecule has 0 bridgehead atoms. The predicted molar refractivity (Wildman–Crippen MR) is 93.5 cm³/mol. The molecule has 2 atom stereocenters. The van der Waals surface area contributed by atoms with Crippen LogP contribution in [0.3, 0.4) is 0 Å². The minimum atomic E-state index is -0.421. The number of hydrogen-bond donors (Lipinski definition) is 1. The highest BCUT2D eigenvalue weighted by atomic mass is 35.5. The van der Waals surface area contributed by atoms with E-state index in [1.807, 2.05) is 30.6 Å². The van der Waals surface area contributed by atoms with Crippen LogP contribution in [0.2, 0.25) is 0 Å². The Morgan fingerprint density at radius 3 is 1.78 bits per heavy atom. The van der Waals surface area contributed by atoms with Crippen molar-refractivity contribution in [3.05, 3.63) is 0 Å². The summed E-state index contributed by atoms with van der Waals surface area (Å²) >= 11 is 0. The highest BCUT2D eigenvalue weighted by Gasteiger charge is 2.32. The molecule has 2 aliphatic heterocycles. The zero-order valence-electron chi connectivity index (χ0n) is 14.5. The number of amides is 2. The summed E-state index contributed by atoms with van der Waals surface area (Å²) in [7, 11) is 0. The zero-order chi connectivity index (χ0) is 16.3. The molecule has 2 fully saturated rings. The number of carbonyl (C=O) groups excluding carboxylic acids is 2. The average Bonchev–Trinajstić information content (AvgIpc) is 3.06. The average molecular weight is 347 g/mol. The molecule has 23 heavy (non-hydrogen) atoms. The first kappa shape index (κ1) is 20.2. The van der Waals surface area contributed by atoms with Crippen molar-refractivity contribution in [1.29, 1.82) is 0 Å². The maximum absolute atomic E-state index is 12.4. The predicted octanol–water partition coefficient (Wildman–Crippen LogP) is 0.547. The number of hydrogen-bond acceptors (Lipinski definition) is 4. The van der Waals surface area contributed by atoms with Crippen LogP contribution in [0.1, 0.15) is 33.6 Å². The molecule has 2 amide bonds. The summed E-state index contributed by atoms with van der Waals surface area (Å²) in [5.74, 6) is 0.422. The van der Waals surface area contributed by atoms with Gasteiger partial charge in [-0.3, -0.25) is 14.5 Å². The molecule has 2 heterocycles. The second-order valence-corrected chi connectivity index (χ2v) is 6.84. The van der Waals surface area contributed by atoms with Crippen LogP contribution in [0.5, 0.6) is 0 Å². The van der Waals surface area contributed by atoms with E-state index >= 15 is 0 Å². The van der Waals surface area contributed by atoms with Gasteiger partial charge in [-0.1, -0.05) is 13.8 Å². The lowest BCUT2D eigenvalue weighted by molar-refractivity contribution is -0.139. The van der Waals surface area contributed by atoms with Gasteiger partial charge in [0.25, 0.3) is 0 Å². The van der Waals surface area contributed by atoms with Gasteiger partial charge in [0.2, 0.25) is 11.8 Å². The van der Waals surface area contributed by atoms with Crippen LogP contribution < -0.4 is 5.73 Å². The SMILES string of the molecule is CC(C)[C@H](N)C(=O)N1CCN(C(C)C(=O)N2CCCC2)CC1.Cl. The van der Waals surface area contributed by atoms with Crippen LogP contribution in [0.25, 0.3) is 0 Å². The van der Waals surface area contributed by atoms with Gasteiger partial charge in [0.1, 0.15) is 0 Å². The van der Waals surface area contributed by atoms with Crippen molar-refractivity contribution < 1.29 is 9.59 Å².